The summed E-state index contributed by atoms with van der Waals surface area (Å²) < 4.78 is 1.58. The molecule has 21 heavy (non-hydrogen) atoms. The van der Waals surface area contributed by atoms with Gasteiger partial charge in [-0.3, -0.25) is 9.48 Å². The number of carbonyl (C=O) groups is 1. The highest BCUT2D eigenvalue weighted by Crippen LogP contribution is 2.30. The fourth-order valence-electron chi connectivity index (χ4n) is 2.45. The normalized spacial score (nSPS) is 14.2. The van der Waals surface area contributed by atoms with Gasteiger partial charge < -0.3 is 10.6 Å². The summed E-state index contributed by atoms with van der Waals surface area (Å²) in [5.41, 5.74) is 9.04. The van der Waals surface area contributed by atoms with Gasteiger partial charge in [-0.25, -0.2) is 0 Å². The summed E-state index contributed by atoms with van der Waals surface area (Å²) in [6.45, 7) is 2.67. The zero-order valence-corrected chi connectivity index (χ0v) is 12.4. The van der Waals surface area contributed by atoms with Gasteiger partial charge in [0.2, 0.25) is 0 Å². The molecule has 3 rings (SSSR count). The Morgan fingerprint density at radius 2 is 2.05 bits per heavy atom. The lowest BCUT2D eigenvalue weighted by Crippen LogP contribution is -2.33. The number of aryl methyl sites for hydroxylation is 2. The Morgan fingerprint density at radius 1 is 1.38 bits per heavy atom. The third-order valence-electron chi connectivity index (χ3n) is 3.78. The molecule has 0 atom stereocenters. The van der Waals surface area contributed by atoms with Gasteiger partial charge in [0.25, 0.3) is 5.91 Å². The summed E-state index contributed by atoms with van der Waals surface area (Å²) in [7, 11) is 1.77. The van der Waals surface area contributed by atoms with Gasteiger partial charge in [0.05, 0.1) is 5.69 Å². The highest BCUT2D eigenvalue weighted by Gasteiger charge is 2.34. The van der Waals surface area contributed by atoms with Crippen molar-refractivity contribution < 1.29 is 4.79 Å². The van der Waals surface area contributed by atoms with Crippen molar-refractivity contribution in [3.05, 3.63) is 47.3 Å². The highest BCUT2D eigenvalue weighted by molar-refractivity contribution is 5.97. The molecule has 1 heterocycles. The molecule has 110 valence electrons. The van der Waals surface area contributed by atoms with Crippen LogP contribution in [0, 0.1) is 6.92 Å². The van der Waals surface area contributed by atoms with Crippen LogP contribution in [0.1, 0.15) is 34.5 Å². The molecule has 0 aliphatic heterocycles. The van der Waals surface area contributed by atoms with Crippen LogP contribution in [-0.4, -0.2) is 26.6 Å². The summed E-state index contributed by atoms with van der Waals surface area (Å²) >= 11 is 0. The Balaban J connectivity index is 1.83. The van der Waals surface area contributed by atoms with E-state index in [0.29, 0.717) is 24.0 Å². The Hall–Kier alpha value is -2.30. The molecule has 1 amide bonds. The van der Waals surface area contributed by atoms with Crippen molar-refractivity contribution in [2.24, 2.45) is 7.05 Å². The number of hydrogen-bond donors (Lipinski definition) is 1. The molecule has 1 aromatic heterocycles. The Bertz CT molecular complexity index is 655. The van der Waals surface area contributed by atoms with E-state index in [9.17, 15) is 4.79 Å². The first-order chi connectivity index (χ1) is 10.0. The first-order valence-electron chi connectivity index (χ1n) is 7.20. The molecule has 1 fully saturated rings. The van der Waals surface area contributed by atoms with E-state index < -0.39 is 0 Å². The smallest absolute Gasteiger partial charge is 0.277 e. The van der Waals surface area contributed by atoms with Gasteiger partial charge in [0.1, 0.15) is 0 Å². The molecule has 1 aliphatic carbocycles. The van der Waals surface area contributed by atoms with Gasteiger partial charge in [-0.15, -0.1) is 0 Å². The molecule has 1 aromatic carbocycles. The minimum Gasteiger partial charge on any atom is -0.396 e. The van der Waals surface area contributed by atoms with Gasteiger partial charge in [0, 0.05) is 25.8 Å². The SMILES string of the molecule is Cc1ccc(CN(C(=O)c2nn(C)cc2N)C2CC2)cc1. The highest BCUT2D eigenvalue weighted by atomic mass is 16.2. The second-order valence-electron chi connectivity index (χ2n) is 5.76. The Morgan fingerprint density at radius 3 is 2.57 bits per heavy atom. The van der Waals surface area contributed by atoms with E-state index in [0.717, 1.165) is 18.4 Å². The number of amides is 1. The average molecular weight is 284 g/mol. The Labute approximate surface area is 124 Å². The minimum absolute atomic E-state index is 0.0730. The van der Waals surface area contributed by atoms with E-state index in [4.69, 9.17) is 5.73 Å². The molecule has 5 heteroatoms. The third kappa shape index (κ3) is 2.91. The van der Waals surface area contributed by atoms with Crippen LogP contribution in [0.25, 0.3) is 0 Å². The summed E-state index contributed by atoms with van der Waals surface area (Å²) in [6.07, 6.45) is 3.79. The fraction of sp³-hybridized carbons (Fsp3) is 0.375. The molecule has 1 saturated carbocycles. The molecule has 0 saturated heterocycles. The summed E-state index contributed by atoms with van der Waals surface area (Å²) in [5, 5.41) is 4.20. The molecule has 0 bridgehead atoms. The number of rotatable bonds is 4. The number of hydrogen-bond acceptors (Lipinski definition) is 3. The van der Waals surface area contributed by atoms with Crippen molar-refractivity contribution in [3.8, 4) is 0 Å². The van der Waals surface area contributed by atoms with Gasteiger partial charge in [-0.05, 0) is 25.3 Å². The fourth-order valence-corrected chi connectivity index (χ4v) is 2.45. The minimum atomic E-state index is -0.0730. The van der Waals surface area contributed by atoms with E-state index in [2.05, 4.69) is 36.3 Å². The lowest BCUT2D eigenvalue weighted by Gasteiger charge is -2.22. The van der Waals surface area contributed by atoms with Crippen molar-refractivity contribution in [1.29, 1.82) is 0 Å². The summed E-state index contributed by atoms with van der Waals surface area (Å²) in [4.78, 5) is 14.6. The second-order valence-corrected chi connectivity index (χ2v) is 5.76. The van der Waals surface area contributed by atoms with Crippen molar-refractivity contribution in [2.45, 2.75) is 32.4 Å². The molecule has 2 N–H and O–H groups in total. The van der Waals surface area contributed by atoms with Crippen molar-refractivity contribution >= 4 is 11.6 Å². The van der Waals surface area contributed by atoms with Crippen molar-refractivity contribution in [3.63, 3.8) is 0 Å². The second kappa shape index (κ2) is 5.24. The van der Waals surface area contributed by atoms with E-state index >= 15 is 0 Å². The standard InChI is InChI=1S/C16H20N4O/c1-11-3-5-12(6-4-11)9-20(13-7-8-13)16(21)15-14(17)10-19(2)18-15/h3-6,10,13H,7-9,17H2,1-2H3. The quantitative estimate of drug-likeness (QED) is 0.935. The van der Waals surface area contributed by atoms with E-state index in [1.54, 1.807) is 17.9 Å². The maximum Gasteiger partial charge on any atom is 0.277 e. The lowest BCUT2D eigenvalue weighted by molar-refractivity contribution is 0.0724. The van der Waals surface area contributed by atoms with E-state index in [-0.39, 0.29) is 5.91 Å². The zero-order chi connectivity index (χ0) is 15.0. The predicted molar refractivity (Wildman–Crippen MR) is 81.7 cm³/mol. The monoisotopic (exact) mass is 284 g/mol. The number of nitrogens with two attached hydrogens (primary N) is 1. The number of nitrogens with zero attached hydrogens (tertiary/aromatic N) is 3. The van der Waals surface area contributed by atoms with Crippen LogP contribution in [-0.2, 0) is 13.6 Å². The maximum atomic E-state index is 12.7. The lowest BCUT2D eigenvalue weighted by atomic mass is 10.1. The van der Waals surface area contributed by atoms with Crippen LogP contribution >= 0.6 is 0 Å². The predicted octanol–water partition coefficient (Wildman–Crippen LogP) is 2.12. The van der Waals surface area contributed by atoms with Crippen molar-refractivity contribution in [1.82, 2.24) is 14.7 Å². The van der Waals surface area contributed by atoms with Crippen molar-refractivity contribution in [2.75, 3.05) is 5.73 Å². The molecule has 0 radical (unpaired) electrons. The summed E-state index contributed by atoms with van der Waals surface area (Å²) in [6, 6.07) is 8.60. The molecule has 1 aliphatic rings. The zero-order valence-electron chi connectivity index (χ0n) is 12.4. The van der Waals surface area contributed by atoms with Crippen LogP contribution in [0.4, 0.5) is 5.69 Å². The van der Waals surface area contributed by atoms with E-state index in [1.807, 2.05) is 4.90 Å². The average Bonchev–Trinajstić information content (AvgIpc) is 3.22. The largest absolute Gasteiger partial charge is 0.396 e. The van der Waals surface area contributed by atoms with Gasteiger partial charge in [-0.2, -0.15) is 5.10 Å². The molecule has 5 nitrogen and oxygen atoms in total. The molecular weight excluding hydrogens is 264 g/mol. The van der Waals surface area contributed by atoms with Crippen LogP contribution in [0.5, 0.6) is 0 Å². The number of aromatic nitrogens is 2. The molecule has 0 spiro atoms. The summed E-state index contributed by atoms with van der Waals surface area (Å²) in [5.74, 6) is -0.0730. The van der Waals surface area contributed by atoms with Crippen LogP contribution < -0.4 is 5.73 Å². The first-order valence-corrected chi connectivity index (χ1v) is 7.20. The molecule has 0 unspecified atom stereocenters. The number of anilines is 1. The first kappa shape index (κ1) is 13.7. The maximum absolute atomic E-state index is 12.7. The van der Waals surface area contributed by atoms with Gasteiger partial charge in [-0.1, -0.05) is 29.8 Å². The van der Waals surface area contributed by atoms with Crippen LogP contribution in [0.2, 0.25) is 0 Å². The van der Waals surface area contributed by atoms with E-state index in [1.165, 1.54) is 5.56 Å². The number of benzene rings is 1. The molecule has 2 aromatic rings. The number of carbonyl (C=O) groups excluding carboxylic acids is 1. The van der Waals surface area contributed by atoms with Gasteiger partial charge >= 0.3 is 0 Å². The molecular formula is C16H20N4O. The Kier molecular flexibility index (Phi) is 3.41. The topological polar surface area (TPSA) is 64.2 Å². The van der Waals surface area contributed by atoms with Gasteiger partial charge in [0.15, 0.2) is 5.69 Å². The number of nitrogen functional groups attached to an aromatic ring is 1. The third-order valence-corrected chi connectivity index (χ3v) is 3.78. The van der Waals surface area contributed by atoms with Crippen LogP contribution in [0.3, 0.4) is 0 Å². The van der Waals surface area contributed by atoms with Crippen LogP contribution in [0.15, 0.2) is 30.5 Å².